The van der Waals surface area contributed by atoms with Crippen molar-refractivity contribution in [1.82, 2.24) is 0 Å². The van der Waals surface area contributed by atoms with Gasteiger partial charge in [0.1, 0.15) is 0 Å². The Morgan fingerprint density at radius 2 is 0.815 bits per heavy atom. The molecule has 0 aromatic rings. The third kappa shape index (κ3) is 21.1. The van der Waals surface area contributed by atoms with Gasteiger partial charge in [-0.05, 0) is 211 Å². The molecule has 0 aromatic carbocycles. The van der Waals surface area contributed by atoms with Crippen molar-refractivity contribution < 1.29 is 0 Å². The van der Waals surface area contributed by atoms with Gasteiger partial charge in [0, 0.05) is 0 Å². The molecule has 0 saturated heterocycles. The molecule has 0 heterocycles. The van der Waals surface area contributed by atoms with Crippen LogP contribution >= 0.6 is 0 Å². The second-order valence-electron chi connectivity index (χ2n) is 33.1. The van der Waals surface area contributed by atoms with Gasteiger partial charge < -0.3 is 0 Å². The van der Waals surface area contributed by atoms with Crippen molar-refractivity contribution in [3.05, 3.63) is 0 Å². The lowest BCUT2D eigenvalue weighted by Gasteiger charge is -2.49. The van der Waals surface area contributed by atoms with E-state index in [0.29, 0.717) is 59.6 Å². The standard InChI is InChI=1S/5C13H26/c1-11(2,3)13(6)9-7-12(4,5)8-10-13;1-10-9-13(5,6)8-7-11(10)12(2,3)4;1-10-9-11(12(2,3)4)7-8-13(10,5)6;1-6-13(4,5)11-7-9-12(2,3)10-8-11;1-6-13(5)9-7-11(8-10-13)12(2,3)4/h7-10H2,1-6H3;2*10-11H,7-9H2,1-6H3;2*11H,6-10H2,1-5H3. The predicted molar refractivity (Wildman–Crippen MR) is 299 cm³/mol. The average Bonchev–Trinajstić information content (AvgIpc) is 3.13. The van der Waals surface area contributed by atoms with Gasteiger partial charge in [0.15, 0.2) is 0 Å². The quantitative estimate of drug-likeness (QED) is 0.265. The van der Waals surface area contributed by atoms with Gasteiger partial charge in [-0.25, -0.2) is 0 Å². The van der Waals surface area contributed by atoms with E-state index in [1.807, 2.05) is 0 Å². The summed E-state index contributed by atoms with van der Waals surface area (Å²) in [5.41, 5.74) is 6.27. The van der Waals surface area contributed by atoms with Gasteiger partial charge in [-0.3, -0.25) is 0 Å². The van der Waals surface area contributed by atoms with Crippen LogP contribution in [0.5, 0.6) is 0 Å². The molecule has 5 saturated carbocycles. The van der Waals surface area contributed by atoms with Gasteiger partial charge in [-0.2, -0.15) is 0 Å². The van der Waals surface area contributed by atoms with E-state index in [1.54, 1.807) is 0 Å². The first kappa shape index (κ1) is 63.0. The Balaban J connectivity index is 0.000000406. The van der Waals surface area contributed by atoms with E-state index in [2.05, 4.69) is 194 Å². The molecule has 390 valence electrons. The zero-order valence-corrected chi connectivity index (χ0v) is 51.1. The first-order chi connectivity index (χ1) is 28.9. The topological polar surface area (TPSA) is 0 Å². The molecule has 0 aliphatic heterocycles. The van der Waals surface area contributed by atoms with Crippen LogP contribution in [0.4, 0.5) is 0 Å². The van der Waals surface area contributed by atoms with E-state index >= 15 is 0 Å². The molecule has 5 rings (SSSR count). The van der Waals surface area contributed by atoms with E-state index in [0.717, 1.165) is 35.5 Å². The maximum atomic E-state index is 2.47. The van der Waals surface area contributed by atoms with Gasteiger partial charge in [0.05, 0.1) is 0 Å². The minimum atomic E-state index is 0.476. The molecular weight excluding hydrogens is 781 g/mol. The second-order valence-corrected chi connectivity index (χ2v) is 33.1. The molecule has 0 spiro atoms. The van der Waals surface area contributed by atoms with E-state index in [1.165, 1.54) is 128 Å². The zero-order chi connectivity index (χ0) is 51.1. The molecule has 65 heavy (non-hydrogen) atoms. The van der Waals surface area contributed by atoms with E-state index in [9.17, 15) is 0 Å². The third-order valence-corrected chi connectivity index (χ3v) is 21.3. The van der Waals surface area contributed by atoms with Crippen molar-refractivity contribution in [2.75, 3.05) is 0 Å². The van der Waals surface area contributed by atoms with Crippen LogP contribution < -0.4 is 0 Å². The lowest BCUT2D eigenvalue weighted by atomic mass is 9.56. The Hall–Kier alpha value is 0. The molecule has 4 unspecified atom stereocenters. The first-order valence-corrected chi connectivity index (χ1v) is 28.9. The summed E-state index contributed by atoms with van der Waals surface area (Å²) in [5.74, 6) is 5.61. The number of hydrogen-bond donors (Lipinski definition) is 0. The third-order valence-electron chi connectivity index (χ3n) is 21.3. The maximum absolute atomic E-state index is 2.47. The highest BCUT2D eigenvalue weighted by Crippen LogP contribution is 2.54. The number of hydrogen-bond acceptors (Lipinski definition) is 0. The first-order valence-electron chi connectivity index (χ1n) is 28.9. The summed E-state index contributed by atoms with van der Waals surface area (Å²) in [7, 11) is 0. The molecule has 5 aliphatic rings. The molecule has 0 amide bonds. The van der Waals surface area contributed by atoms with Gasteiger partial charge in [-0.15, -0.1) is 0 Å². The molecule has 0 radical (unpaired) electrons. The van der Waals surface area contributed by atoms with Gasteiger partial charge in [-0.1, -0.05) is 207 Å². The molecular formula is C65H130. The highest BCUT2D eigenvalue weighted by molar-refractivity contribution is 4.94. The van der Waals surface area contributed by atoms with Crippen molar-refractivity contribution in [1.29, 1.82) is 0 Å². The van der Waals surface area contributed by atoms with Crippen LogP contribution in [-0.2, 0) is 0 Å². The summed E-state index contributed by atoms with van der Waals surface area (Å²) < 4.78 is 0. The smallest absolute Gasteiger partial charge is 0.0277 e. The van der Waals surface area contributed by atoms with Crippen LogP contribution in [-0.4, -0.2) is 0 Å². The van der Waals surface area contributed by atoms with Crippen LogP contribution in [0.3, 0.4) is 0 Å². The summed E-state index contributed by atoms with van der Waals surface area (Å²) in [6, 6.07) is 0. The monoisotopic (exact) mass is 911 g/mol. The normalized spacial score (nSPS) is 31.5. The van der Waals surface area contributed by atoms with E-state index in [-0.39, 0.29) is 0 Å². The van der Waals surface area contributed by atoms with E-state index in [4.69, 9.17) is 0 Å². The van der Waals surface area contributed by atoms with Gasteiger partial charge in [0.25, 0.3) is 0 Å². The van der Waals surface area contributed by atoms with Crippen LogP contribution in [0.2, 0.25) is 0 Å². The molecule has 0 heteroatoms. The highest BCUT2D eigenvalue weighted by atomic mass is 14.5. The Morgan fingerprint density at radius 1 is 0.415 bits per heavy atom. The summed E-state index contributed by atoms with van der Waals surface area (Å²) in [5, 5.41) is 0. The highest BCUT2D eigenvalue weighted by Gasteiger charge is 2.43. The summed E-state index contributed by atoms with van der Waals surface area (Å²) in [6.07, 6.45) is 28.4. The maximum Gasteiger partial charge on any atom is -0.0277 e. The van der Waals surface area contributed by atoms with Gasteiger partial charge in [0.2, 0.25) is 0 Å². The summed E-state index contributed by atoms with van der Waals surface area (Å²) >= 11 is 0. The van der Waals surface area contributed by atoms with Crippen LogP contribution in [0.15, 0.2) is 0 Å². The lowest BCUT2D eigenvalue weighted by molar-refractivity contribution is 0.0180. The fourth-order valence-corrected chi connectivity index (χ4v) is 12.9. The van der Waals surface area contributed by atoms with Crippen molar-refractivity contribution in [3.8, 4) is 0 Å². The Morgan fingerprint density at radius 3 is 1.17 bits per heavy atom. The van der Waals surface area contributed by atoms with Crippen molar-refractivity contribution in [2.45, 2.75) is 322 Å². The van der Waals surface area contributed by atoms with Crippen LogP contribution in [0, 0.1) is 95.1 Å². The fourth-order valence-electron chi connectivity index (χ4n) is 12.9. The Kier molecular flexibility index (Phi) is 22.8. The molecule has 5 aliphatic carbocycles. The largest absolute Gasteiger partial charge is 0.0649 e. The minimum Gasteiger partial charge on any atom is -0.0649 e. The molecule has 0 nitrogen and oxygen atoms in total. The average molecular weight is 912 g/mol. The van der Waals surface area contributed by atoms with Crippen LogP contribution in [0.1, 0.15) is 322 Å². The Labute approximate surface area is 415 Å². The molecule has 0 aromatic heterocycles. The van der Waals surface area contributed by atoms with E-state index < -0.39 is 0 Å². The fraction of sp³-hybridized carbons (Fsp3) is 1.00. The SMILES string of the molecule is CC1(C)CCC(C)(C(C)(C)C)CC1.CC1CC(C(C)(C)C)CCC1(C)C.CC1CC(C)(C)CCC1C(C)(C)C.CCC(C)(C)C1CCC(C)(C)CC1.CCC1(C)CCC(C(C)(C)C)CC1. The second kappa shape index (κ2) is 23.5. The molecule has 0 N–H and O–H groups in total. The zero-order valence-electron chi connectivity index (χ0n) is 51.1. The molecule has 5 fully saturated rings. The lowest BCUT2D eigenvalue weighted by Crippen LogP contribution is -2.38. The van der Waals surface area contributed by atoms with Crippen molar-refractivity contribution in [3.63, 3.8) is 0 Å². The van der Waals surface area contributed by atoms with Gasteiger partial charge >= 0.3 is 0 Å². The predicted octanol–water partition coefficient (Wildman–Crippen LogP) is 22.9. The number of rotatable bonds is 3. The van der Waals surface area contributed by atoms with Crippen molar-refractivity contribution >= 4 is 0 Å². The summed E-state index contributed by atoms with van der Waals surface area (Å²) in [4.78, 5) is 0. The Bertz CT molecular complexity index is 1290. The minimum absolute atomic E-state index is 0.476. The van der Waals surface area contributed by atoms with Crippen molar-refractivity contribution in [2.24, 2.45) is 95.1 Å². The van der Waals surface area contributed by atoms with Crippen LogP contribution in [0.25, 0.3) is 0 Å². The summed E-state index contributed by atoms with van der Waals surface area (Å²) in [6.45, 7) is 67.4. The molecule has 4 atom stereocenters. The molecule has 0 bridgehead atoms.